The maximum atomic E-state index is 10.2. The summed E-state index contributed by atoms with van der Waals surface area (Å²) in [6.45, 7) is 3.27. The van der Waals surface area contributed by atoms with Crippen molar-refractivity contribution < 1.29 is 9.90 Å². The van der Waals surface area contributed by atoms with E-state index in [9.17, 15) is 4.79 Å². The average Bonchev–Trinajstić information content (AvgIpc) is 1.86. The zero-order chi connectivity index (χ0) is 7.49. The van der Waals surface area contributed by atoms with Gasteiger partial charge in [-0.15, -0.1) is 6.58 Å². The molecule has 0 aliphatic heterocycles. The van der Waals surface area contributed by atoms with Crippen LogP contribution in [0.3, 0.4) is 0 Å². The van der Waals surface area contributed by atoms with Gasteiger partial charge in [-0.2, -0.15) is 12.6 Å². The average molecular weight is 147 g/mol. The van der Waals surface area contributed by atoms with E-state index in [1.165, 1.54) is 6.08 Å². The number of nitrogens with two attached hydrogens (primary N) is 1. The van der Waals surface area contributed by atoms with E-state index in [1.807, 2.05) is 0 Å². The molecular weight excluding hydrogens is 138 g/mol. The molecule has 0 spiro atoms. The first-order chi connectivity index (χ1) is 4.06. The van der Waals surface area contributed by atoms with Crippen LogP contribution >= 0.6 is 12.6 Å². The van der Waals surface area contributed by atoms with Gasteiger partial charge in [-0.05, 0) is 0 Å². The van der Waals surface area contributed by atoms with Crippen molar-refractivity contribution in [2.75, 3.05) is 5.75 Å². The molecule has 1 atom stereocenters. The lowest BCUT2D eigenvalue weighted by Crippen LogP contribution is -2.47. The summed E-state index contributed by atoms with van der Waals surface area (Å²) in [6.07, 6.45) is 1.17. The summed E-state index contributed by atoms with van der Waals surface area (Å²) in [6, 6.07) is 0. The van der Waals surface area contributed by atoms with Gasteiger partial charge in [0, 0.05) is 5.75 Å². The summed E-state index contributed by atoms with van der Waals surface area (Å²) in [5, 5.41) is 8.39. The number of carboxylic acids is 1. The molecule has 52 valence electrons. The molecule has 9 heavy (non-hydrogen) atoms. The van der Waals surface area contributed by atoms with E-state index in [0.717, 1.165) is 0 Å². The molecule has 0 rings (SSSR count). The van der Waals surface area contributed by atoms with Crippen LogP contribution in [0.25, 0.3) is 0 Å². The van der Waals surface area contributed by atoms with E-state index in [0.29, 0.717) is 0 Å². The van der Waals surface area contributed by atoms with Crippen LogP contribution in [-0.4, -0.2) is 22.4 Å². The topological polar surface area (TPSA) is 63.3 Å². The van der Waals surface area contributed by atoms with Crippen molar-refractivity contribution in [3.05, 3.63) is 12.7 Å². The Hall–Kier alpha value is -0.480. The first-order valence-corrected chi connectivity index (χ1v) is 2.97. The molecule has 0 aliphatic rings. The van der Waals surface area contributed by atoms with Gasteiger partial charge in [0.05, 0.1) is 0 Å². The Bertz CT molecular complexity index is 137. The fourth-order valence-electron chi connectivity index (χ4n) is 0.219. The largest absolute Gasteiger partial charge is 0.480 e. The summed E-state index contributed by atoms with van der Waals surface area (Å²) in [5.41, 5.74) is 3.87. The Balaban J connectivity index is 4.27. The number of rotatable bonds is 3. The minimum atomic E-state index is -1.37. The number of thiol groups is 1. The van der Waals surface area contributed by atoms with Gasteiger partial charge in [0.15, 0.2) is 0 Å². The first-order valence-electron chi connectivity index (χ1n) is 2.33. The minimum absolute atomic E-state index is 0.0613. The lowest BCUT2D eigenvalue weighted by Gasteiger charge is -2.15. The van der Waals surface area contributed by atoms with Crippen molar-refractivity contribution in [1.29, 1.82) is 0 Å². The number of aliphatic carboxylic acids is 1. The van der Waals surface area contributed by atoms with Crippen molar-refractivity contribution in [1.82, 2.24) is 0 Å². The number of carboxylic acid groups (broad SMARTS) is 1. The summed E-state index contributed by atoms with van der Waals surface area (Å²) in [7, 11) is 0. The van der Waals surface area contributed by atoms with E-state index in [2.05, 4.69) is 19.2 Å². The smallest absolute Gasteiger partial charge is 0.328 e. The minimum Gasteiger partial charge on any atom is -0.480 e. The normalized spacial score (nSPS) is 16.2. The molecule has 0 heterocycles. The Morgan fingerprint density at radius 3 is 2.44 bits per heavy atom. The van der Waals surface area contributed by atoms with Gasteiger partial charge in [0.2, 0.25) is 0 Å². The van der Waals surface area contributed by atoms with E-state index >= 15 is 0 Å². The molecule has 3 nitrogen and oxygen atoms in total. The molecule has 0 bridgehead atoms. The number of hydrogen-bond acceptors (Lipinski definition) is 3. The zero-order valence-electron chi connectivity index (χ0n) is 4.87. The van der Waals surface area contributed by atoms with Gasteiger partial charge in [-0.3, -0.25) is 0 Å². The highest BCUT2D eigenvalue weighted by Crippen LogP contribution is 2.03. The predicted octanol–water partition coefficient (Wildman–Crippen LogP) is -0.116. The van der Waals surface area contributed by atoms with Gasteiger partial charge in [-0.1, -0.05) is 6.08 Å². The van der Waals surface area contributed by atoms with Crippen molar-refractivity contribution in [3.8, 4) is 0 Å². The quantitative estimate of drug-likeness (QED) is 0.385. The molecule has 0 amide bonds. The van der Waals surface area contributed by atoms with Crippen molar-refractivity contribution in [3.63, 3.8) is 0 Å². The molecule has 4 heteroatoms. The molecule has 3 N–H and O–H groups in total. The van der Waals surface area contributed by atoms with Crippen LogP contribution in [0.5, 0.6) is 0 Å². The van der Waals surface area contributed by atoms with Crippen LogP contribution in [0.15, 0.2) is 12.7 Å². The number of hydrogen-bond donors (Lipinski definition) is 3. The third-order valence-corrected chi connectivity index (χ3v) is 1.55. The second-order valence-electron chi connectivity index (χ2n) is 1.71. The lowest BCUT2D eigenvalue weighted by atomic mass is 10.1. The molecule has 0 aliphatic carbocycles. The summed E-state index contributed by atoms with van der Waals surface area (Å²) in [4.78, 5) is 10.2. The number of carbonyl (C=O) groups is 1. The molecule has 0 fully saturated rings. The van der Waals surface area contributed by atoms with Crippen LogP contribution < -0.4 is 5.73 Å². The molecule has 0 saturated carbocycles. The molecule has 0 aromatic carbocycles. The Labute approximate surface area is 59.0 Å². The molecular formula is C5H9NO2S. The van der Waals surface area contributed by atoms with Gasteiger partial charge < -0.3 is 10.8 Å². The highest BCUT2D eigenvalue weighted by molar-refractivity contribution is 7.80. The second-order valence-corrected chi connectivity index (χ2v) is 2.02. The van der Waals surface area contributed by atoms with Crippen LogP contribution in [0.1, 0.15) is 0 Å². The Morgan fingerprint density at radius 2 is 2.44 bits per heavy atom. The molecule has 0 saturated heterocycles. The maximum absolute atomic E-state index is 10.2. The monoisotopic (exact) mass is 147 g/mol. The van der Waals surface area contributed by atoms with Crippen LogP contribution in [-0.2, 0) is 4.79 Å². The van der Waals surface area contributed by atoms with Gasteiger partial charge in [0.1, 0.15) is 5.54 Å². The standard InChI is InChI=1S/C5H9NO2S/c1-2-5(6,3-9)4(7)8/h2,9H,1,3,6H2,(H,7,8)/t5-/m0/s1. The van der Waals surface area contributed by atoms with Crippen LogP contribution in [0, 0.1) is 0 Å². The van der Waals surface area contributed by atoms with Gasteiger partial charge in [-0.25, -0.2) is 4.79 Å². The Kier molecular flexibility index (Phi) is 2.73. The van der Waals surface area contributed by atoms with E-state index in [1.54, 1.807) is 0 Å². The van der Waals surface area contributed by atoms with Crippen LogP contribution in [0.4, 0.5) is 0 Å². The van der Waals surface area contributed by atoms with Crippen molar-refractivity contribution in [2.45, 2.75) is 5.54 Å². The fourth-order valence-corrected chi connectivity index (χ4v) is 0.484. The van der Waals surface area contributed by atoms with E-state index in [4.69, 9.17) is 10.8 Å². The summed E-state index contributed by atoms with van der Waals surface area (Å²) >= 11 is 3.74. The van der Waals surface area contributed by atoms with Crippen LogP contribution in [0.2, 0.25) is 0 Å². The molecule has 0 aromatic heterocycles. The van der Waals surface area contributed by atoms with Gasteiger partial charge in [0.25, 0.3) is 0 Å². The zero-order valence-corrected chi connectivity index (χ0v) is 5.77. The summed E-state index contributed by atoms with van der Waals surface area (Å²) < 4.78 is 0. The first kappa shape index (κ1) is 8.52. The fraction of sp³-hybridized carbons (Fsp3) is 0.400. The lowest BCUT2D eigenvalue weighted by molar-refractivity contribution is -0.140. The highest BCUT2D eigenvalue weighted by Gasteiger charge is 2.27. The molecule has 0 radical (unpaired) electrons. The Morgan fingerprint density at radius 1 is 2.00 bits per heavy atom. The molecule has 0 unspecified atom stereocenters. The third-order valence-electron chi connectivity index (χ3n) is 1.02. The maximum Gasteiger partial charge on any atom is 0.328 e. The predicted molar refractivity (Wildman–Crippen MR) is 38.6 cm³/mol. The highest BCUT2D eigenvalue weighted by atomic mass is 32.1. The van der Waals surface area contributed by atoms with Crippen molar-refractivity contribution in [2.24, 2.45) is 5.73 Å². The second kappa shape index (κ2) is 2.89. The SMILES string of the molecule is C=C[C@](N)(CS)C(=O)O. The van der Waals surface area contributed by atoms with Crippen molar-refractivity contribution >= 4 is 18.6 Å². The van der Waals surface area contributed by atoms with Gasteiger partial charge >= 0.3 is 5.97 Å². The molecule has 0 aromatic rings. The van der Waals surface area contributed by atoms with E-state index in [-0.39, 0.29) is 5.75 Å². The van der Waals surface area contributed by atoms with E-state index < -0.39 is 11.5 Å². The third kappa shape index (κ3) is 1.73. The summed E-state index contributed by atoms with van der Waals surface area (Å²) in [5.74, 6) is -1.04.